The summed E-state index contributed by atoms with van der Waals surface area (Å²) in [7, 11) is 0. The highest BCUT2D eigenvalue weighted by Crippen LogP contribution is 2.20. The van der Waals surface area contributed by atoms with E-state index in [1.54, 1.807) is 24.5 Å². The first-order chi connectivity index (χ1) is 9.75. The van der Waals surface area contributed by atoms with Crippen LogP contribution < -0.4 is 11.1 Å². The lowest BCUT2D eigenvalue weighted by Gasteiger charge is -2.08. The third-order valence-electron chi connectivity index (χ3n) is 2.98. The Kier molecular flexibility index (Phi) is 3.01. The van der Waals surface area contributed by atoms with E-state index in [1.165, 1.54) is 6.20 Å². The summed E-state index contributed by atoms with van der Waals surface area (Å²) in [6.07, 6.45) is 4.74. The van der Waals surface area contributed by atoms with Crippen LogP contribution in [0.4, 0.5) is 11.4 Å². The van der Waals surface area contributed by atoms with Crippen LogP contribution >= 0.6 is 0 Å². The summed E-state index contributed by atoms with van der Waals surface area (Å²) in [6.45, 7) is 0. The Labute approximate surface area is 115 Å². The van der Waals surface area contributed by atoms with Crippen molar-refractivity contribution in [2.75, 3.05) is 11.1 Å². The minimum Gasteiger partial charge on any atom is -0.396 e. The average molecular weight is 264 g/mol. The number of nitrogens with zero attached hydrogens (tertiary/aromatic N) is 2. The summed E-state index contributed by atoms with van der Waals surface area (Å²) in [6, 6.07) is 10.9. The summed E-state index contributed by atoms with van der Waals surface area (Å²) in [5.41, 5.74) is 7.91. The van der Waals surface area contributed by atoms with Crippen LogP contribution in [0.15, 0.2) is 55.0 Å². The van der Waals surface area contributed by atoms with Crippen LogP contribution in [0.25, 0.3) is 10.9 Å². The van der Waals surface area contributed by atoms with Gasteiger partial charge in [0.2, 0.25) is 0 Å². The number of fused-ring (bicyclic) bond motifs is 1. The molecule has 5 nitrogen and oxygen atoms in total. The molecule has 0 fully saturated rings. The molecule has 0 atom stereocenters. The van der Waals surface area contributed by atoms with Gasteiger partial charge in [0.25, 0.3) is 5.91 Å². The molecule has 1 aromatic carbocycles. The van der Waals surface area contributed by atoms with Crippen LogP contribution in [-0.4, -0.2) is 15.9 Å². The van der Waals surface area contributed by atoms with Gasteiger partial charge < -0.3 is 11.1 Å². The van der Waals surface area contributed by atoms with E-state index in [0.29, 0.717) is 22.5 Å². The fourth-order valence-electron chi connectivity index (χ4n) is 2.00. The number of aromatic nitrogens is 2. The SMILES string of the molecule is Nc1cnccc1NC(=O)c1cccc2cccnc12. The van der Waals surface area contributed by atoms with Gasteiger partial charge in [0.1, 0.15) is 0 Å². The third-order valence-corrected chi connectivity index (χ3v) is 2.98. The molecule has 0 unspecified atom stereocenters. The molecule has 3 N–H and O–H groups in total. The number of pyridine rings is 2. The number of nitrogens with two attached hydrogens (primary N) is 1. The molecule has 0 aliphatic heterocycles. The number of para-hydroxylation sites is 1. The molecule has 3 rings (SSSR count). The highest BCUT2D eigenvalue weighted by Gasteiger charge is 2.12. The Hall–Kier alpha value is -2.95. The first-order valence-corrected chi connectivity index (χ1v) is 6.10. The molecular weight excluding hydrogens is 252 g/mol. The van der Waals surface area contributed by atoms with Gasteiger partial charge >= 0.3 is 0 Å². The number of hydrogen-bond donors (Lipinski definition) is 2. The molecule has 0 aliphatic rings. The third kappa shape index (κ3) is 2.16. The molecule has 98 valence electrons. The molecule has 0 bridgehead atoms. The molecule has 5 heteroatoms. The predicted octanol–water partition coefficient (Wildman–Crippen LogP) is 2.46. The van der Waals surface area contributed by atoms with Crippen molar-refractivity contribution in [1.82, 2.24) is 9.97 Å². The maximum atomic E-state index is 12.4. The zero-order valence-electron chi connectivity index (χ0n) is 10.6. The minimum atomic E-state index is -0.243. The molecule has 0 spiro atoms. The van der Waals surface area contributed by atoms with Gasteiger partial charge in [-0.15, -0.1) is 0 Å². The van der Waals surface area contributed by atoms with Crippen LogP contribution in [0, 0.1) is 0 Å². The summed E-state index contributed by atoms with van der Waals surface area (Å²) >= 11 is 0. The zero-order chi connectivity index (χ0) is 13.9. The van der Waals surface area contributed by atoms with Crippen LogP contribution in [-0.2, 0) is 0 Å². The van der Waals surface area contributed by atoms with Crippen molar-refractivity contribution in [3.05, 3.63) is 60.6 Å². The van der Waals surface area contributed by atoms with E-state index in [0.717, 1.165) is 5.39 Å². The van der Waals surface area contributed by atoms with Gasteiger partial charge in [0.05, 0.1) is 28.7 Å². The number of carbonyl (C=O) groups excluding carboxylic acids is 1. The normalized spacial score (nSPS) is 10.4. The van der Waals surface area contributed by atoms with Crippen LogP contribution in [0.1, 0.15) is 10.4 Å². The number of amides is 1. The number of anilines is 2. The zero-order valence-corrected chi connectivity index (χ0v) is 10.6. The lowest BCUT2D eigenvalue weighted by atomic mass is 10.1. The van der Waals surface area contributed by atoms with E-state index in [-0.39, 0.29) is 5.91 Å². The molecule has 3 aromatic rings. The molecule has 20 heavy (non-hydrogen) atoms. The van der Waals surface area contributed by atoms with Crippen molar-refractivity contribution in [2.45, 2.75) is 0 Å². The lowest BCUT2D eigenvalue weighted by molar-refractivity contribution is 0.102. The number of hydrogen-bond acceptors (Lipinski definition) is 4. The largest absolute Gasteiger partial charge is 0.396 e. The first kappa shape index (κ1) is 12.1. The molecule has 0 radical (unpaired) electrons. The molecule has 1 amide bonds. The van der Waals surface area contributed by atoms with Gasteiger partial charge in [-0.2, -0.15) is 0 Å². The van der Waals surface area contributed by atoms with Crippen LogP contribution in [0.2, 0.25) is 0 Å². The number of benzene rings is 1. The fourth-order valence-corrected chi connectivity index (χ4v) is 2.00. The quantitative estimate of drug-likeness (QED) is 0.745. The van der Waals surface area contributed by atoms with E-state index in [9.17, 15) is 4.79 Å². The van der Waals surface area contributed by atoms with E-state index in [1.807, 2.05) is 24.3 Å². The predicted molar refractivity (Wildman–Crippen MR) is 78.3 cm³/mol. The second-order valence-electron chi connectivity index (χ2n) is 4.30. The summed E-state index contributed by atoms with van der Waals surface area (Å²) < 4.78 is 0. The Morgan fingerprint density at radius 3 is 2.80 bits per heavy atom. The van der Waals surface area contributed by atoms with Crippen LogP contribution in [0.5, 0.6) is 0 Å². The summed E-state index contributed by atoms with van der Waals surface area (Å²) in [5, 5.41) is 3.69. The summed E-state index contributed by atoms with van der Waals surface area (Å²) in [4.78, 5) is 20.5. The standard InChI is InChI=1S/C15H12N4O/c16-12-9-17-8-6-13(12)19-15(20)11-5-1-3-10-4-2-7-18-14(10)11/h1-9H,16H2,(H,17,19,20). The topological polar surface area (TPSA) is 80.9 Å². The number of carbonyl (C=O) groups is 1. The van der Waals surface area contributed by atoms with E-state index in [2.05, 4.69) is 15.3 Å². The minimum absolute atomic E-state index is 0.243. The maximum absolute atomic E-state index is 12.4. The Morgan fingerprint density at radius 1 is 1.10 bits per heavy atom. The second kappa shape index (κ2) is 4.97. The van der Waals surface area contributed by atoms with Crippen molar-refractivity contribution in [1.29, 1.82) is 0 Å². The lowest BCUT2D eigenvalue weighted by Crippen LogP contribution is -2.14. The second-order valence-corrected chi connectivity index (χ2v) is 4.30. The van der Waals surface area contributed by atoms with Gasteiger partial charge in [-0.1, -0.05) is 18.2 Å². The van der Waals surface area contributed by atoms with E-state index in [4.69, 9.17) is 5.73 Å². The molecule has 0 saturated heterocycles. The van der Waals surface area contributed by atoms with Gasteiger partial charge in [-0.3, -0.25) is 14.8 Å². The monoisotopic (exact) mass is 264 g/mol. The number of nitrogen functional groups attached to an aromatic ring is 1. The van der Waals surface area contributed by atoms with Gasteiger partial charge in [0, 0.05) is 17.8 Å². The molecular formula is C15H12N4O. The van der Waals surface area contributed by atoms with Crippen molar-refractivity contribution >= 4 is 28.2 Å². The molecule has 2 aromatic heterocycles. The number of rotatable bonds is 2. The Balaban J connectivity index is 1.99. The first-order valence-electron chi connectivity index (χ1n) is 6.10. The smallest absolute Gasteiger partial charge is 0.257 e. The van der Waals surface area contributed by atoms with Gasteiger partial charge in [0.15, 0.2) is 0 Å². The van der Waals surface area contributed by atoms with Gasteiger partial charge in [-0.05, 0) is 18.2 Å². The summed E-state index contributed by atoms with van der Waals surface area (Å²) in [5.74, 6) is -0.243. The molecule has 0 aliphatic carbocycles. The van der Waals surface area contributed by atoms with Crippen molar-refractivity contribution in [2.24, 2.45) is 0 Å². The van der Waals surface area contributed by atoms with E-state index < -0.39 is 0 Å². The maximum Gasteiger partial charge on any atom is 0.257 e. The number of nitrogens with one attached hydrogen (secondary N) is 1. The Morgan fingerprint density at radius 2 is 1.95 bits per heavy atom. The van der Waals surface area contributed by atoms with Crippen molar-refractivity contribution in [3.63, 3.8) is 0 Å². The average Bonchev–Trinajstić information content (AvgIpc) is 2.49. The fraction of sp³-hybridized carbons (Fsp3) is 0. The van der Waals surface area contributed by atoms with Crippen molar-refractivity contribution < 1.29 is 4.79 Å². The van der Waals surface area contributed by atoms with E-state index >= 15 is 0 Å². The Bertz CT molecular complexity index is 780. The van der Waals surface area contributed by atoms with Crippen LogP contribution in [0.3, 0.4) is 0 Å². The molecule has 2 heterocycles. The highest BCUT2D eigenvalue weighted by atomic mass is 16.1. The highest BCUT2D eigenvalue weighted by molar-refractivity contribution is 6.12. The van der Waals surface area contributed by atoms with Crippen molar-refractivity contribution in [3.8, 4) is 0 Å². The molecule has 0 saturated carbocycles. The van der Waals surface area contributed by atoms with Gasteiger partial charge in [-0.25, -0.2) is 0 Å².